The van der Waals surface area contributed by atoms with Gasteiger partial charge in [0.25, 0.3) is 0 Å². The van der Waals surface area contributed by atoms with Crippen LogP contribution in [0.3, 0.4) is 0 Å². The molecule has 0 radical (unpaired) electrons. The van der Waals surface area contributed by atoms with Crippen LogP contribution in [0.5, 0.6) is 5.75 Å². The van der Waals surface area contributed by atoms with Gasteiger partial charge in [0.05, 0.1) is 11.4 Å². The Morgan fingerprint density at radius 3 is 2.69 bits per heavy atom. The molecule has 0 aliphatic rings. The third kappa shape index (κ3) is 3.08. The van der Waals surface area contributed by atoms with E-state index in [0.717, 1.165) is 0 Å². The average molecular weight is 244 g/mol. The number of hydrogen-bond donors (Lipinski definition) is 2. The maximum atomic E-state index is 12.0. The number of aryl methyl sites for hydroxylation is 1. The number of hydrogen-bond acceptors (Lipinski definition) is 3. The van der Waals surface area contributed by atoms with Crippen LogP contribution in [0.4, 0.5) is 0 Å². The molecule has 2 atom stereocenters. The Kier molecular flexibility index (Phi) is 4.14. The van der Waals surface area contributed by atoms with Crippen molar-refractivity contribution in [1.29, 1.82) is 0 Å². The monoisotopic (exact) mass is 244 g/mol. The third-order valence-electron chi connectivity index (χ3n) is 2.39. The summed E-state index contributed by atoms with van der Waals surface area (Å²) >= 11 is 0. The predicted molar refractivity (Wildman–Crippen MR) is 63.1 cm³/mol. The van der Waals surface area contributed by atoms with Crippen LogP contribution in [0.1, 0.15) is 25.8 Å². The van der Waals surface area contributed by atoms with E-state index in [1.54, 1.807) is 19.9 Å². The Balaban J connectivity index is 3.06. The van der Waals surface area contributed by atoms with Crippen LogP contribution >= 0.6 is 7.60 Å². The van der Waals surface area contributed by atoms with Crippen LogP contribution in [0, 0.1) is 6.92 Å². The Morgan fingerprint density at radius 1 is 1.50 bits per heavy atom. The highest BCUT2D eigenvalue weighted by Gasteiger charge is 2.27. The highest BCUT2D eigenvalue weighted by molar-refractivity contribution is 7.61. The first-order valence-electron chi connectivity index (χ1n) is 5.18. The van der Waals surface area contributed by atoms with Crippen molar-refractivity contribution in [2.24, 2.45) is 0 Å². The van der Waals surface area contributed by atoms with Crippen molar-refractivity contribution in [3.05, 3.63) is 23.8 Å². The Bertz CT molecular complexity index is 416. The molecule has 1 rings (SSSR count). The zero-order chi connectivity index (χ0) is 12.3. The lowest BCUT2D eigenvalue weighted by Gasteiger charge is -2.18. The van der Waals surface area contributed by atoms with Crippen LogP contribution in [0.15, 0.2) is 18.2 Å². The largest absolute Gasteiger partial charge is 0.508 e. The van der Waals surface area contributed by atoms with Gasteiger partial charge in [-0.05, 0) is 38.0 Å². The molecule has 0 spiro atoms. The lowest BCUT2D eigenvalue weighted by Crippen LogP contribution is -2.15. The van der Waals surface area contributed by atoms with Crippen molar-refractivity contribution in [2.75, 3.05) is 0 Å². The summed E-state index contributed by atoms with van der Waals surface area (Å²) < 4.78 is 17.1. The summed E-state index contributed by atoms with van der Waals surface area (Å²) in [5.74, 6) is -0.0392. The summed E-state index contributed by atoms with van der Waals surface area (Å²) in [4.78, 5) is 9.81. The zero-order valence-corrected chi connectivity index (χ0v) is 10.6. The van der Waals surface area contributed by atoms with Gasteiger partial charge in [-0.1, -0.05) is 13.0 Å². The summed E-state index contributed by atoms with van der Waals surface area (Å²) in [6, 6.07) is 4.34. The molecular formula is C11H17O4P. The van der Waals surface area contributed by atoms with Gasteiger partial charge in [-0.2, -0.15) is 0 Å². The fourth-order valence-corrected chi connectivity index (χ4v) is 2.84. The number of benzene rings is 1. The molecule has 0 saturated carbocycles. The van der Waals surface area contributed by atoms with Gasteiger partial charge in [0.2, 0.25) is 0 Å². The first-order valence-corrected chi connectivity index (χ1v) is 6.76. The molecule has 1 aromatic carbocycles. The zero-order valence-electron chi connectivity index (χ0n) is 9.67. The van der Waals surface area contributed by atoms with E-state index in [-0.39, 0.29) is 17.2 Å². The topological polar surface area (TPSA) is 66.8 Å². The van der Waals surface area contributed by atoms with E-state index in [2.05, 4.69) is 0 Å². The molecule has 5 heteroatoms. The quantitative estimate of drug-likeness (QED) is 0.798. The molecule has 2 N–H and O–H groups in total. The third-order valence-corrected chi connectivity index (χ3v) is 4.13. The second kappa shape index (κ2) is 5.00. The lowest BCUT2D eigenvalue weighted by atomic mass is 10.2. The van der Waals surface area contributed by atoms with Crippen LogP contribution < -0.4 is 5.30 Å². The molecule has 90 valence electrons. The van der Waals surface area contributed by atoms with E-state index >= 15 is 0 Å². The first kappa shape index (κ1) is 13.2. The van der Waals surface area contributed by atoms with Crippen molar-refractivity contribution >= 4 is 12.9 Å². The SMILES string of the molecule is CCC(C)OP(=O)(O)c1cc(O)ccc1C. The molecule has 2 unspecified atom stereocenters. The van der Waals surface area contributed by atoms with Crippen molar-refractivity contribution in [2.45, 2.75) is 33.3 Å². The van der Waals surface area contributed by atoms with Gasteiger partial charge in [0, 0.05) is 0 Å². The number of aromatic hydroxyl groups is 1. The normalized spacial score (nSPS) is 16.8. The summed E-state index contributed by atoms with van der Waals surface area (Å²) in [6.07, 6.45) is 0.361. The minimum absolute atomic E-state index is 0.0392. The summed E-state index contributed by atoms with van der Waals surface area (Å²) in [5, 5.41) is 9.46. The molecule has 0 bridgehead atoms. The predicted octanol–water partition coefficient (Wildman–Crippen LogP) is 2.33. The summed E-state index contributed by atoms with van der Waals surface area (Å²) in [7, 11) is -3.84. The maximum absolute atomic E-state index is 12.0. The van der Waals surface area contributed by atoms with Crippen LogP contribution in [-0.4, -0.2) is 16.1 Å². The van der Waals surface area contributed by atoms with Crippen LogP contribution in [-0.2, 0) is 9.09 Å². The van der Waals surface area contributed by atoms with Gasteiger partial charge < -0.3 is 14.5 Å². The molecule has 16 heavy (non-hydrogen) atoms. The van der Waals surface area contributed by atoms with Gasteiger partial charge in [-0.3, -0.25) is 4.57 Å². The number of rotatable bonds is 4. The van der Waals surface area contributed by atoms with E-state index in [1.807, 2.05) is 6.92 Å². The van der Waals surface area contributed by atoms with Crippen molar-refractivity contribution < 1.29 is 19.1 Å². The minimum Gasteiger partial charge on any atom is -0.508 e. The fourth-order valence-electron chi connectivity index (χ4n) is 1.28. The second-order valence-corrected chi connectivity index (χ2v) is 5.55. The van der Waals surface area contributed by atoms with Crippen LogP contribution in [0.2, 0.25) is 0 Å². The molecule has 0 aliphatic heterocycles. The molecule has 4 nitrogen and oxygen atoms in total. The van der Waals surface area contributed by atoms with Gasteiger partial charge in [-0.15, -0.1) is 0 Å². The Morgan fingerprint density at radius 2 is 2.12 bits per heavy atom. The van der Waals surface area contributed by atoms with Gasteiger partial charge in [0.15, 0.2) is 0 Å². The summed E-state index contributed by atoms with van der Waals surface area (Å²) in [6.45, 7) is 5.32. The standard InChI is InChI=1S/C11H17O4P/c1-4-9(3)15-16(13,14)11-7-10(12)6-5-8(11)2/h5-7,9,12H,4H2,1-3H3,(H,13,14). The van der Waals surface area contributed by atoms with E-state index < -0.39 is 7.60 Å². The average Bonchev–Trinajstić information content (AvgIpc) is 2.20. The molecule has 0 amide bonds. The van der Waals surface area contributed by atoms with Gasteiger partial charge in [0.1, 0.15) is 5.75 Å². The van der Waals surface area contributed by atoms with Crippen molar-refractivity contribution in [3.8, 4) is 5.75 Å². The molecule has 1 aromatic rings. The second-order valence-electron chi connectivity index (χ2n) is 3.82. The number of phenols is 1. The summed E-state index contributed by atoms with van der Waals surface area (Å²) in [5.41, 5.74) is 0.631. The molecular weight excluding hydrogens is 227 g/mol. The van der Waals surface area contributed by atoms with Gasteiger partial charge >= 0.3 is 7.60 Å². The van der Waals surface area contributed by atoms with E-state index in [9.17, 15) is 14.6 Å². The van der Waals surface area contributed by atoms with Crippen molar-refractivity contribution in [3.63, 3.8) is 0 Å². The van der Waals surface area contributed by atoms with Crippen molar-refractivity contribution in [1.82, 2.24) is 0 Å². The highest BCUT2D eigenvalue weighted by atomic mass is 31.2. The number of phenolic OH excluding ortho intramolecular Hbond substituents is 1. The van der Waals surface area contributed by atoms with E-state index in [1.165, 1.54) is 12.1 Å². The lowest BCUT2D eigenvalue weighted by molar-refractivity contribution is 0.192. The minimum atomic E-state index is -3.84. The van der Waals surface area contributed by atoms with E-state index in [4.69, 9.17) is 4.52 Å². The molecule has 0 heterocycles. The fraction of sp³-hybridized carbons (Fsp3) is 0.455. The first-order chi connectivity index (χ1) is 7.36. The maximum Gasteiger partial charge on any atom is 0.359 e. The highest BCUT2D eigenvalue weighted by Crippen LogP contribution is 2.44. The molecule has 0 aliphatic carbocycles. The molecule has 0 saturated heterocycles. The smallest absolute Gasteiger partial charge is 0.359 e. The molecule has 0 fully saturated rings. The van der Waals surface area contributed by atoms with Gasteiger partial charge in [-0.25, -0.2) is 0 Å². The van der Waals surface area contributed by atoms with Crippen LogP contribution in [0.25, 0.3) is 0 Å². The molecule has 0 aromatic heterocycles. The Labute approximate surface area is 95.4 Å². The van der Waals surface area contributed by atoms with E-state index in [0.29, 0.717) is 12.0 Å². The Hall–Kier alpha value is -0.830.